The number of nitrogens with two attached hydrogens (primary N) is 1. The highest BCUT2D eigenvalue weighted by Gasteiger charge is 2.46. The molecule has 0 radical (unpaired) electrons. The Morgan fingerprint density at radius 3 is 2.72 bits per heavy atom. The average Bonchev–Trinajstić information content (AvgIpc) is 3.05. The summed E-state index contributed by atoms with van der Waals surface area (Å²) in [6.45, 7) is 2.66. The van der Waals surface area contributed by atoms with Gasteiger partial charge in [0.15, 0.2) is 0 Å². The zero-order valence-electron chi connectivity index (χ0n) is 10.1. The van der Waals surface area contributed by atoms with E-state index in [4.69, 9.17) is 10.7 Å². The lowest BCUT2D eigenvalue weighted by molar-refractivity contribution is 0.646. The third kappa shape index (κ3) is 2.11. The minimum absolute atomic E-state index is 0.0509. The highest BCUT2D eigenvalue weighted by Crippen LogP contribution is 2.46. The fourth-order valence-electron chi connectivity index (χ4n) is 2.05. The number of aryl methyl sites for hydroxylation is 1. The van der Waals surface area contributed by atoms with Gasteiger partial charge >= 0.3 is 0 Å². The van der Waals surface area contributed by atoms with Crippen LogP contribution in [0, 0.1) is 6.92 Å². The van der Waals surface area contributed by atoms with Gasteiger partial charge in [-0.05, 0) is 53.9 Å². The Kier molecular flexibility index (Phi) is 3.00. The highest BCUT2D eigenvalue weighted by atomic mass is 79.9. The average molecular weight is 324 g/mol. The molecule has 1 aliphatic rings. The first-order chi connectivity index (χ1) is 8.63. The van der Waals surface area contributed by atoms with Crippen LogP contribution < -0.4 is 5.73 Å². The van der Waals surface area contributed by atoms with E-state index in [1.165, 1.54) is 4.88 Å². The fourth-order valence-corrected chi connectivity index (χ4v) is 3.40. The summed E-state index contributed by atoms with van der Waals surface area (Å²) < 4.78 is 1.12. The monoisotopic (exact) mass is 323 g/mol. The topological polar surface area (TPSA) is 51.8 Å². The summed E-state index contributed by atoms with van der Waals surface area (Å²) in [7, 11) is 0. The molecule has 3 rings (SSSR count). The highest BCUT2D eigenvalue weighted by molar-refractivity contribution is 9.11. The van der Waals surface area contributed by atoms with Gasteiger partial charge in [0.1, 0.15) is 5.82 Å². The second kappa shape index (κ2) is 4.40. The predicted octanol–water partition coefficient (Wildman–Crippen LogP) is 3.27. The van der Waals surface area contributed by atoms with Crippen molar-refractivity contribution in [2.45, 2.75) is 25.2 Å². The van der Waals surface area contributed by atoms with Crippen LogP contribution in [0.3, 0.4) is 0 Å². The molecule has 2 aromatic heterocycles. The summed E-state index contributed by atoms with van der Waals surface area (Å²) in [5.74, 6) is 0.921. The maximum atomic E-state index is 5.86. The number of nitrogens with zero attached hydrogens (tertiary/aromatic N) is 2. The Morgan fingerprint density at radius 2 is 2.17 bits per heavy atom. The molecule has 0 amide bonds. The fraction of sp³-hybridized carbons (Fsp3) is 0.385. The van der Waals surface area contributed by atoms with Crippen LogP contribution >= 0.6 is 27.3 Å². The third-order valence-corrected chi connectivity index (χ3v) is 5.04. The lowest BCUT2D eigenvalue weighted by Crippen LogP contribution is -2.23. The molecule has 2 aromatic rings. The number of halogens is 1. The summed E-state index contributed by atoms with van der Waals surface area (Å²) in [6.07, 6.45) is 2.22. The van der Waals surface area contributed by atoms with Crippen molar-refractivity contribution in [3.05, 3.63) is 33.5 Å². The molecule has 0 atom stereocenters. The molecule has 18 heavy (non-hydrogen) atoms. The summed E-state index contributed by atoms with van der Waals surface area (Å²) >= 11 is 5.18. The summed E-state index contributed by atoms with van der Waals surface area (Å²) in [5.41, 5.74) is 7.93. The predicted molar refractivity (Wildman–Crippen MR) is 77.7 cm³/mol. The van der Waals surface area contributed by atoms with Crippen molar-refractivity contribution >= 4 is 27.3 Å². The Bertz CT molecular complexity index is 590. The zero-order chi connectivity index (χ0) is 12.8. The summed E-state index contributed by atoms with van der Waals surface area (Å²) in [4.78, 5) is 10.5. The molecule has 1 fully saturated rings. The second-order valence-corrected chi connectivity index (χ2v) is 7.27. The minimum Gasteiger partial charge on any atom is -0.329 e. The van der Waals surface area contributed by atoms with E-state index in [1.807, 2.05) is 19.1 Å². The molecule has 94 valence electrons. The molecule has 0 unspecified atom stereocenters. The molecule has 0 bridgehead atoms. The van der Waals surface area contributed by atoms with Gasteiger partial charge < -0.3 is 5.73 Å². The van der Waals surface area contributed by atoms with Crippen LogP contribution in [0.2, 0.25) is 0 Å². The SMILES string of the molecule is Cc1cc(-c2ccc(Br)s2)nc(C2(CN)CC2)n1. The Hall–Kier alpha value is -0.780. The van der Waals surface area contributed by atoms with Crippen LogP contribution in [0.15, 0.2) is 22.0 Å². The molecule has 0 spiro atoms. The molecule has 5 heteroatoms. The van der Waals surface area contributed by atoms with Crippen molar-refractivity contribution in [1.82, 2.24) is 9.97 Å². The maximum absolute atomic E-state index is 5.86. The van der Waals surface area contributed by atoms with Gasteiger partial charge in [-0.1, -0.05) is 0 Å². The van der Waals surface area contributed by atoms with Crippen LogP contribution in [0.1, 0.15) is 24.4 Å². The van der Waals surface area contributed by atoms with E-state index < -0.39 is 0 Å². The van der Waals surface area contributed by atoms with Gasteiger partial charge in [-0.3, -0.25) is 0 Å². The van der Waals surface area contributed by atoms with Crippen molar-refractivity contribution in [1.29, 1.82) is 0 Å². The Morgan fingerprint density at radius 1 is 1.39 bits per heavy atom. The number of rotatable bonds is 3. The van der Waals surface area contributed by atoms with Crippen molar-refractivity contribution in [2.24, 2.45) is 5.73 Å². The van der Waals surface area contributed by atoms with Gasteiger partial charge in [-0.15, -0.1) is 11.3 Å². The standard InChI is InChI=1S/C13H14BrN3S/c1-8-6-9(10-2-3-11(14)18-10)17-12(16-8)13(7-15)4-5-13/h2-3,6H,4-5,7,15H2,1H3. The van der Waals surface area contributed by atoms with Crippen LogP contribution in [0.5, 0.6) is 0 Å². The van der Waals surface area contributed by atoms with Crippen molar-refractivity contribution in [3.63, 3.8) is 0 Å². The van der Waals surface area contributed by atoms with Gasteiger partial charge in [-0.2, -0.15) is 0 Å². The van der Waals surface area contributed by atoms with Crippen LogP contribution in [-0.4, -0.2) is 16.5 Å². The smallest absolute Gasteiger partial charge is 0.136 e. The molecule has 0 aromatic carbocycles. The zero-order valence-corrected chi connectivity index (χ0v) is 12.5. The number of hydrogen-bond donors (Lipinski definition) is 1. The number of hydrogen-bond acceptors (Lipinski definition) is 4. The van der Waals surface area contributed by atoms with E-state index in [9.17, 15) is 0 Å². The van der Waals surface area contributed by atoms with E-state index in [2.05, 4.69) is 27.0 Å². The second-order valence-electron chi connectivity index (χ2n) is 4.81. The minimum atomic E-state index is 0.0509. The van der Waals surface area contributed by atoms with Gasteiger partial charge in [0.25, 0.3) is 0 Å². The summed E-state index contributed by atoms with van der Waals surface area (Å²) in [6, 6.07) is 6.17. The first kappa shape index (κ1) is 12.3. The van der Waals surface area contributed by atoms with Gasteiger partial charge in [0.2, 0.25) is 0 Å². The normalized spacial score (nSPS) is 16.8. The molecule has 3 nitrogen and oxygen atoms in total. The van der Waals surface area contributed by atoms with Gasteiger partial charge in [0, 0.05) is 17.7 Å². The molecular weight excluding hydrogens is 310 g/mol. The van der Waals surface area contributed by atoms with E-state index in [0.29, 0.717) is 6.54 Å². The number of aromatic nitrogens is 2. The lowest BCUT2D eigenvalue weighted by Gasteiger charge is -2.12. The molecule has 1 aliphatic carbocycles. The summed E-state index contributed by atoms with van der Waals surface area (Å²) in [5, 5.41) is 0. The van der Waals surface area contributed by atoms with Crippen molar-refractivity contribution < 1.29 is 0 Å². The van der Waals surface area contributed by atoms with Crippen molar-refractivity contribution in [3.8, 4) is 10.6 Å². The first-order valence-corrected chi connectivity index (χ1v) is 7.56. The van der Waals surface area contributed by atoms with Crippen LogP contribution in [-0.2, 0) is 5.41 Å². The molecule has 1 saturated carbocycles. The Labute approximate surface area is 119 Å². The maximum Gasteiger partial charge on any atom is 0.136 e. The molecule has 0 saturated heterocycles. The first-order valence-electron chi connectivity index (χ1n) is 5.95. The van der Waals surface area contributed by atoms with Crippen molar-refractivity contribution in [2.75, 3.05) is 6.54 Å². The van der Waals surface area contributed by atoms with Gasteiger partial charge in [0.05, 0.1) is 14.4 Å². The van der Waals surface area contributed by atoms with Crippen LogP contribution in [0.4, 0.5) is 0 Å². The molecular formula is C13H14BrN3S. The quantitative estimate of drug-likeness (QED) is 0.943. The largest absolute Gasteiger partial charge is 0.329 e. The van der Waals surface area contributed by atoms with E-state index in [1.54, 1.807) is 11.3 Å². The van der Waals surface area contributed by atoms with Crippen LogP contribution in [0.25, 0.3) is 10.6 Å². The molecule has 0 aliphatic heterocycles. The third-order valence-electron chi connectivity index (χ3n) is 3.40. The van der Waals surface area contributed by atoms with E-state index in [0.717, 1.165) is 33.8 Å². The van der Waals surface area contributed by atoms with Gasteiger partial charge in [-0.25, -0.2) is 9.97 Å². The lowest BCUT2D eigenvalue weighted by atomic mass is 10.1. The van der Waals surface area contributed by atoms with E-state index in [-0.39, 0.29) is 5.41 Å². The molecule has 2 heterocycles. The number of thiophene rings is 1. The molecule has 2 N–H and O–H groups in total. The Balaban J connectivity index is 2.06. The van der Waals surface area contributed by atoms with E-state index >= 15 is 0 Å².